The average molecular weight is 360 g/mol. The Morgan fingerprint density at radius 3 is 2.67 bits per heavy atom. The number of pyridine rings is 1. The molecule has 0 unspecified atom stereocenters. The number of ether oxygens (including phenoxy) is 1. The molecule has 0 radical (unpaired) electrons. The average Bonchev–Trinajstić information content (AvgIpc) is 3.12. The number of halogens is 1. The van der Waals surface area contributed by atoms with Crippen LogP contribution in [-0.2, 0) is 6.54 Å². The largest absolute Gasteiger partial charge is 0.439 e. The lowest BCUT2D eigenvalue weighted by atomic mass is 10.2. The number of hydroxylamine groups is 1. The summed E-state index contributed by atoms with van der Waals surface area (Å²) in [6, 6.07) is 14.5. The molecule has 24 heavy (non-hydrogen) atoms. The maximum atomic E-state index is 9.29. The standard InChI is InChI=1S/C17H14ClN3O2S/c18-13-4-6-14(7-5-13)23-16-8-3-12(10-19-16)17(21-22)20-11-15-2-1-9-24-15/h1-10,22H,11H2,(H,20,21). The molecule has 0 aliphatic heterocycles. The number of benzene rings is 1. The zero-order chi connectivity index (χ0) is 16.8. The third-order valence-electron chi connectivity index (χ3n) is 3.12. The van der Waals surface area contributed by atoms with E-state index in [0.29, 0.717) is 34.6 Å². The predicted molar refractivity (Wildman–Crippen MR) is 95.2 cm³/mol. The molecule has 3 rings (SSSR count). The first-order valence-corrected chi connectivity index (χ1v) is 8.37. The van der Waals surface area contributed by atoms with Gasteiger partial charge in [-0.1, -0.05) is 17.7 Å². The van der Waals surface area contributed by atoms with Crippen molar-refractivity contribution in [3.8, 4) is 11.6 Å². The first kappa shape index (κ1) is 16.4. The number of thiophene rings is 1. The summed E-state index contributed by atoms with van der Waals surface area (Å²) in [5.41, 5.74) is 2.78. The summed E-state index contributed by atoms with van der Waals surface area (Å²) in [7, 11) is 0. The van der Waals surface area contributed by atoms with Gasteiger partial charge in [-0.25, -0.2) is 4.98 Å². The van der Waals surface area contributed by atoms with Gasteiger partial charge in [-0.2, -0.15) is 0 Å². The molecule has 0 aliphatic carbocycles. The van der Waals surface area contributed by atoms with E-state index < -0.39 is 0 Å². The second-order valence-corrected chi connectivity index (χ2v) is 6.27. The highest BCUT2D eigenvalue weighted by Gasteiger charge is 2.05. The zero-order valence-electron chi connectivity index (χ0n) is 12.5. The molecule has 5 nitrogen and oxygen atoms in total. The van der Waals surface area contributed by atoms with E-state index in [4.69, 9.17) is 16.3 Å². The van der Waals surface area contributed by atoms with Crippen LogP contribution in [0.5, 0.6) is 11.6 Å². The van der Waals surface area contributed by atoms with Gasteiger partial charge in [-0.05, 0) is 41.8 Å². The van der Waals surface area contributed by atoms with Gasteiger partial charge < -0.3 is 4.74 Å². The molecule has 0 bridgehead atoms. The van der Waals surface area contributed by atoms with Crippen LogP contribution in [0, 0.1) is 0 Å². The van der Waals surface area contributed by atoms with Crippen molar-refractivity contribution < 1.29 is 9.94 Å². The van der Waals surface area contributed by atoms with E-state index in [9.17, 15) is 5.21 Å². The zero-order valence-corrected chi connectivity index (χ0v) is 14.1. The van der Waals surface area contributed by atoms with E-state index in [-0.39, 0.29) is 0 Å². The molecule has 2 aromatic heterocycles. The molecule has 0 spiro atoms. The van der Waals surface area contributed by atoms with Crippen LogP contribution in [0.2, 0.25) is 5.02 Å². The fourth-order valence-electron chi connectivity index (χ4n) is 1.95. The van der Waals surface area contributed by atoms with Gasteiger partial charge in [0, 0.05) is 27.7 Å². The molecule has 1 aromatic carbocycles. The van der Waals surface area contributed by atoms with Gasteiger partial charge in [0.05, 0.1) is 6.54 Å². The van der Waals surface area contributed by atoms with Crippen molar-refractivity contribution in [3.05, 3.63) is 75.6 Å². The van der Waals surface area contributed by atoms with Crippen molar-refractivity contribution in [1.82, 2.24) is 10.5 Å². The minimum Gasteiger partial charge on any atom is -0.439 e. The topological polar surface area (TPSA) is 66.7 Å². The van der Waals surface area contributed by atoms with Crippen molar-refractivity contribution in [1.29, 1.82) is 0 Å². The van der Waals surface area contributed by atoms with Crippen LogP contribution in [0.25, 0.3) is 0 Å². The van der Waals surface area contributed by atoms with Crippen molar-refractivity contribution in [2.45, 2.75) is 6.54 Å². The van der Waals surface area contributed by atoms with Crippen molar-refractivity contribution in [3.63, 3.8) is 0 Å². The number of rotatable bonds is 5. The van der Waals surface area contributed by atoms with Crippen LogP contribution >= 0.6 is 22.9 Å². The fourth-order valence-corrected chi connectivity index (χ4v) is 2.71. The van der Waals surface area contributed by atoms with Crippen molar-refractivity contribution in [2.75, 3.05) is 0 Å². The molecule has 0 saturated carbocycles. The molecule has 7 heteroatoms. The van der Waals surface area contributed by atoms with Crippen molar-refractivity contribution >= 4 is 28.8 Å². The van der Waals surface area contributed by atoms with Gasteiger partial charge in [-0.3, -0.25) is 15.7 Å². The minimum atomic E-state index is 0.356. The molecule has 0 atom stereocenters. The molecule has 0 saturated heterocycles. The number of aliphatic imine (C=N–C) groups is 1. The van der Waals surface area contributed by atoms with E-state index in [1.807, 2.05) is 17.5 Å². The number of nitrogens with zero attached hydrogens (tertiary/aromatic N) is 2. The van der Waals surface area contributed by atoms with Gasteiger partial charge in [0.25, 0.3) is 0 Å². The molecule has 0 amide bonds. The Balaban J connectivity index is 1.70. The quantitative estimate of drug-likeness (QED) is 0.399. The van der Waals surface area contributed by atoms with Crippen molar-refractivity contribution in [2.24, 2.45) is 4.99 Å². The summed E-state index contributed by atoms with van der Waals surface area (Å²) in [5, 5.41) is 11.9. The number of hydrogen-bond donors (Lipinski definition) is 2. The highest BCUT2D eigenvalue weighted by molar-refractivity contribution is 7.09. The van der Waals surface area contributed by atoms with Crippen LogP contribution in [0.1, 0.15) is 10.4 Å². The number of aromatic nitrogens is 1. The Labute approximate surface area is 148 Å². The molecule has 0 fully saturated rings. The molecular formula is C17H14ClN3O2S. The van der Waals surface area contributed by atoms with Gasteiger partial charge in [0.1, 0.15) is 5.75 Å². The fraction of sp³-hybridized carbons (Fsp3) is 0.0588. The summed E-state index contributed by atoms with van der Waals surface area (Å²) < 4.78 is 5.63. The maximum absolute atomic E-state index is 9.29. The predicted octanol–water partition coefficient (Wildman–Crippen LogP) is 4.51. The summed E-state index contributed by atoms with van der Waals surface area (Å²) in [6.45, 7) is 0.490. The second kappa shape index (κ2) is 7.92. The van der Waals surface area contributed by atoms with E-state index >= 15 is 0 Å². The minimum absolute atomic E-state index is 0.356. The smallest absolute Gasteiger partial charge is 0.219 e. The Bertz CT molecular complexity index is 803. The van der Waals surface area contributed by atoms with E-state index in [0.717, 1.165) is 4.88 Å². The van der Waals surface area contributed by atoms with Crippen LogP contribution in [0.15, 0.2) is 65.1 Å². The lowest BCUT2D eigenvalue weighted by molar-refractivity contribution is 0.234. The van der Waals surface area contributed by atoms with Crippen LogP contribution in [-0.4, -0.2) is 16.0 Å². The van der Waals surface area contributed by atoms with Gasteiger partial charge >= 0.3 is 0 Å². The van der Waals surface area contributed by atoms with Gasteiger partial charge in [0.15, 0.2) is 5.84 Å². The highest BCUT2D eigenvalue weighted by Crippen LogP contribution is 2.21. The number of amidine groups is 1. The molecule has 0 aliphatic rings. The lowest BCUT2D eigenvalue weighted by Gasteiger charge is -2.07. The summed E-state index contributed by atoms with van der Waals surface area (Å²) in [6.07, 6.45) is 1.59. The SMILES string of the molecule is ONC(=NCc1cccs1)c1ccc(Oc2ccc(Cl)cc2)nc1. The first-order valence-electron chi connectivity index (χ1n) is 7.11. The van der Waals surface area contributed by atoms with Gasteiger partial charge in [0.2, 0.25) is 5.88 Å². The van der Waals surface area contributed by atoms with Crippen LogP contribution in [0.4, 0.5) is 0 Å². The Morgan fingerprint density at radius 2 is 2.04 bits per heavy atom. The summed E-state index contributed by atoms with van der Waals surface area (Å²) in [4.78, 5) is 9.68. The van der Waals surface area contributed by atoms with E-state index in [2.05, 4.69) is 15.5 Å². The monoisotopic (exact) mass is 359 g/mol. The third kappa shape index (κ3) is 4.32. The maximum Gasteiger partial charge on any atom is 0.219 e. The highest BCUT2D eigenvalue weighted by atomic mass is 35.5. The van der Waals surface area contributed by atoms with E-state index in [1.165, 1.54) is 0 Å². The first-order chi connectivity index (χ1) is 11.7. The molecule has 2 N–H and O–H groups in total. The molecular weight excluding hydrogens is 346 g/mol. The Hall–Kier alpha value is -2.41. The van der Waals surface area contributed by atoms with Gasteiger partial charge in [-0.15, -0.1) is 11.3 Å². The number of hydrogen-bond acceptors (Lipinski definition) is 5. The summed E-state index contributed by atoms with van der Waals surface area (Å²) >= 11 is 7.45. The lowest BCUT2D eigenvalue weighted by Crippen LogP contribution is -2.20. The second-order valence-electron chi connectivity index (χ2n) is 4.80. The van der Waals surface area contributed by atoms with Crippen LogP contribution < -0.4 is 10.2 Å². The molecule has 2 heterocycles. The third-order valence-corrected chi connectivity index (χ3v) is 4.24. The van der Waals surface area contributed by atoms with Crippen LogP contribution in [0.3, 0.4) is 0 Å². The Morgan fingerprint density at radius 1 is 1.21 bits per heavy atom. The normalized spacial score (nSPS) is 11.3. The Kier molecular flexibility index (Phi) is 5.43. The molecule has 122 valence electrons. The molecule has 3 aromatic rings. The number of nitrogens with one attached hydrogen (secondary N) is 1. The summed E-state index contributed by atoms with van der Waals surface area (Å²) in [5.74, 6) is 1.44. The van der Waals surface area contributed by atoms with E-state index in [1.54, 1.807) is 53.9 Å².